The second-order valence-electron chi connectivity index (χ2n) is 6.27. The highest BCUT2D eigenvalue weighted by Crippen LogP contribution is 2.16. The number of carbonyl (C=O) groups excluding carboxylic acids is 1. The summed E-state index contributed by atoms with van der Waals surface area (Å²) >= 11 is 0. The van der Waals surface area contributed by atoms with Crippen molar-refractivity contribution in [3.8, 4) is 6.07 Å². The monoisotopic (exact) mass is 387 g/mol. The van der Waals surface area contributed by atoms with E-state index in [2.05, 4.69) is 0 Å². The molecule has 140 valence electrons. The quantitative estimate of drug-likeness (QED) is 0.803. The van der Waals surface area contributed by atoms with Crippen molar-refractivity contribution in [2.75, 3.05) is 26.2 Å². The fourth-order valence-electron chi connectivity index (χ4n) is 2.98. The molecule has 0 saturated carbocycles. The molecule has 1 amide bonds. The Labute approximate surface area is 157 Å². The second-order valence-corrected chi connectivity index (χ2v) is 8.24. The van der Waals surface area contributed by atoms with Crippen LogP contribution in [0.3, 0.4) is 0 Å². The molecule has 2 aromatic carbocycles. The number of amides is 1. The van der Waals surface area contributed by atoms with Crippen LogP contribution in [0.4, 0.5) is 4.39 Å². The van der Waals surface area contributed by atoms with E-state index in [-0.39, 0.29) is 37.8 Å². The van der Waals surface area contributed by atoms with Crippen molar-refractivity contribution in [3.63, 3.8) is 0 Å². The van der Waals surface area contributed by atoms with Gasteiger partial charge in [0.15, 0.2) is 0 Å². The molecular weight excluding hydrogens is 369 g/mol. The normalized spacial score (nSPS) is 15.3. The highest BCUT2D eigenvalue weighted by atomic mass is 32.2. The van der Waals surface area contributed by atoms with Crippen molar-refractivity contribution in [3.05, 3.63) is 71.0 Å². The lowest BCUT2D eigenvalue weighted by atomic mass is 10.2. The molecule has 0 aliphatic carbocycles. The maximum atomic E-state index is 13.0. The zero-order chi connectivity index (χ0) is 19.4. The summed E-state index contributed by atoms with van der Waals surface area (Å²) in [4.78, 5) is 14.0. The number of carbonyl (C=O) groups is 1. The Morgan fingerprint density at radius 2 is 1.74 bits per heavy atom. The van der Waals surface area contributed by atoms with Gasteiger partial charge in [-0.05, 0) is 42.0 Å². The van der Waals surface area contributed by atoms with Gasteiger partial charge in [0.2, 0.25) is 10.0 Å². The Bertz CT molecular complexity index is 976. The molecule has 1 saturated heterocycles. The first-order chi connectivity index (χ1) is 12.9. The Hall–Kier alpha value is -2.76. The van der Waals surface area contributed by atoms with Gasteiger partial charge in [0, 0.05) is 31.7 Å². The lowest BCUT2D eigenvalue weighted by molar-refractivity contribution is 0.0697. The highest BCUT2D eigenvalue weighted by molar-refractivity contribution is 7.88. The average Bonchev–Trinajstić information content (AvgIpc) is 2.68. The summed E-state index contributed by atoms with van der Waals surface area (Å²) in [6, 6.07) is 13.8. The first-order valence-electron chi connectivity index (χ1n) is 8.41. The van der Waals surface area contributed by atoms with Crippen molar-refractivity contribution in [2.45, 2.75) is 5.75 Å². The molecule has 0 aromatic heterocycles. The fraction of sp³-hybridized carbons (Fsp3) is 0.263. The minimum Gasteiger partial charge on any atom is -0.336 e. The zero-order valence-corrected chi connectivity index (χ0v) is 15.3. The van der Waals surface area contributed by atoms with Crippen LogP contribution in [0.15, 0.2) is 48.5 Å². The van der Waals surface area contributed by atoms with Gasteiger partial charge in [-0.1, -0.05) is 12.1 Å². The van der Waals surface area contributed by atoms with Gasteiger partial charge in [-0.3, -0.25) is 4.79 Å². The highest BCUT2D eigenvalue weighted by Gasteiger charge is 2.29. The van der Waals surface area contributed by atoms with E-state index in [1.807, 2.05) is 6.07 Å². The molecule has 2 aromatic rings. The number of nitrogens with zero attached hydrogens (tertiary/aromatic N) is 3. The number of sulfonamides is 1. The summed E-state index contributed by atoms with van der Waals surface area (Å²) in [7, 11) is -3.54. The first kappa shape index (κ1) is 19.0. The number of hydrogen-bond acceptors (Lipinski definition) is 4. The van der Waals surface area contributed by atoms with Gasteiger partial charge < -0.3 is 4.90 Å². The van der Waals surface area contributed by atoms with Gasteiger partial charge in [-0.25, -0.2) is 12.8 Å². The van der Waals surface area contributed by atoms with Gasteiger partial charge >= 0.3 is 0 Å². The van der Waals surface area contributed by atoms with E-state index in [9.17, 15) is 17.6 Å². The van der Waals surface area contributed by atoms with E-state index in [1.54, 1.807) is 29.2 Å². The van der Waals surface area contributed by atoms with Crippen LogP contribution in [0.2, 0.25) is 0 Å². The van der Waals surface area contributed by atoms with Crippen molar-refractivity contribution >= 4 is 15.9 Å². The lowest BCUT2D eigenvalue weighted by Gasteiger charge is -2.34. The number of nitriles is 1. The van der Waals surface area contributed by atoms with Crippen LogP contribution in [0.25, 0.3) is 0 Å². The summed E-state index contributed by atoms with van der Waals surface area (Å²) in [5.41, 5.74) is 1.34. The molecule has 1 heterocycles. The Kier molecular flexibility index (Phi) is 5.54. The van der Waals surface area contributed by atoms with Crippen LogP contribution in [0.5, 0.6) is 0 Å². The van der Waals surface area contributed by atoms with E-state index in [1.165, 1.54) is 28.6 Å². The maximum absolute atomic E-state index is 13.0. The fourth-order valence-corrected chi connectivity index (χ4v) is 4.48. The van der Waals surface area contributed by atoms with Crippen molar-refractivity contribution in [2.24, 2.45) is 0 Å². The van der Waals surface area contributed by atoms with Crippen molar-refractivity contribution in [1.29, 1.82) is 5.26 Å². The van der Waals surface area contributed by atoms with Crippen LogP contribution in [-0.2, 0) is 15.8 Å². The summed E-state index contributed by atoms with van der Waals surface area (Å²) in [6.45, 7) is 0.946. The number of hydrogen-bond donors (Lipinski definition) is 0. The molecule has 6 nitrogen and oxygen atoms in total. The number of halogens is 1. The third-order valence-electron chi connectivity index (χ3n) is 4.42. The lowest BCUT2D eigenvalue weighted by Crippen LogP contribution is -2.50. The SMILES string of the molecule is N#Cc1cccc(CS(=O)(=O)N2CCN(C(=O)c3ccc(F)cc3)CC2)c1. The maximum Gasteiger partial charge on any atom is 0.253 e. The van der Waals surface area contributed by atoms with Crippen LogP contribution in [-0.4, -0.2) is 49.7 Å². The molecule has 27 heavy (non-hydrogen) atoms. The molecule has 0 radical (unpaired) electrons. The smallest absolute Gasteiger partial charge is 0.253 e. The van der Waals surface area contributed by atoms with E-state index >= 15 is 0 Å². The minimum absolute atomic E-state index is 0.186. The van der Waals surface area contributed by atoms with E-state index in [0.717, 1.165) is 0 Å². The predicted octanol–water partition coefficient (Wildman–Crippen LogP) is 1.99. The average molecular weight is 387 g/mol. The molecular formula is C19H18FN3O3S. The van der Waals surface area contributed by atoms with Crippen LogP contribution in [0.1, 0.15) is 21.5 Å². The third-order valence-corrected chi connectivity index (χ3v) is 6.27. The standard InChI is InChI=1S/C19H18FN3O3S/c20-18-6-4-17(5-7-18)19(24)22-8-10-23(11-9-22)27(25,26)14-16-3-1-2-15(12-16)13-21/h1-7,12H,8-11,14H2. The van der Waals surface area contributed by atoms with E-state index in [0.29, 0.717) is 16.7 Å². The number of piperazine rings is 1. The second kappa shape index (κ2) is 7.86. The summed E-state index contributed by atoms with van der Waals surface area (Å²) in [5, 5.41) is 8.93. The number of rotatable bonds is 4. The molecule has 0 spiro atoms. The zero-order valence-electron chi connectivity index (χ0n) is 14.5. The molecule has 8 heteroatoms. The summed E-state index contributed by atoms with van der Waals surface area (Å²) < 4.78 is 39.6. The van der Waals surface area contributed by atoms with E-state index < -0.39 is 15.8 Å². The van der Waals surface area contributed by atoms with Crippen molar-refractivity contribution < 1.29 is 17.6 Å². The molecule has 1 aliphatic heterocycles. The van der Waals surface area contributed by atoms with Crippen molar-refractivity contribution in [1.82, 2.24) is 9.21 Å². The van der Waals surface area contributed by atoms with Gasteiger partial charge in [0.25, 0.3) is 5.91 Å². The van der Waals surface area contributed by atoms with Crippen LogP contribution >= 0.6 is 0 Å². The van der Waals surface area contributed by atoms with E-state index in [4.69, 9.17) is 5.26 Å². The largest absolute Gasteiger partial charge is 0.336 e. The first-order valence-corrected chi connectivity index (χ1v) is 10.0. The molecule has 0 unspecified atom stereocenters. The van der Waals surface area contributed by atoms with Gasteiger partial charge in [0.05, 0.1) is 17.4 Å². The van der Waals surface area contributed by atoms with Gasteiger partial charge in [0.1, 0.15) is 5.82 Å². The van der Waals surface area contributed by atoms with Crippen LogP contribution in [0, 0.1) is 17.1 Å². The molecule has 0 atom stereocenters. The molecule has 1 fully saturated rings. The van der Waals surface area contributed by atoms with Gasteiger partial charge in [-0.2, -0.15) is 9.57 Å². The predicted molar refractivity (Wildman–Crippen MR) is 97.7 cm³/mol. The Morgan fingerprint density at radius 3 is 2.37 bits per heavy atom. The molecule has 1 aliphatic rings. The Balaban J connectivity index is 1.63. The topological polar surface area (TPSA) is 81.5 Å². The summed E-state index contributed by atoms with van der Waals surface area (Å²) in [5.74, 6) is -0.842. The Morgan fingerprint density at radius 1 is 1.07 bits per heavy atom. The molecule has 3 rings (SSSR count). The molecule has 0 N–H and O–H groups in total. The summed E-state index contributed by atoms with van der Waals surface area (Å²) in [6.07, 6.45) is 0. The minimum atomic E-state index is -3.54. The van der Waals surface area contributed by atoms with Crippen LogP contribution < -0.4 is 0 Å². The third kappa shape index (κ3) is 4.51. The van der Waals surface area contributed by atoms with Gasteiger partial charge in [-0.15, -0.1) is 0 Å². The number of benzene rings is 2. The molecule has 0 bridgehead atoms.